The number of halogens is 3. The molecule has 14 heavy (non-hydrogen) atoms. The molecule has 0 radical (unpaired) electrons. The maximum atomic E-state index is 12.4. The van der Waals surface area contributed by atoms with Crippen LogP contribution in [0.15, 0.2) is 0 Å². The Morgan fingerprint density at radius 2 is 2.14 bits per heavy atom. The average molecular weight is 229 g/mol. The molecule has 0 unspecified atom stereocenters. The van der Waals surface area contributed by atoms with Crippen molar-refractivity contribution in [2.75, 3.05) is 6.54 Å². The van der Waals surface area contributed by atoms with Gasteiger partial charge >= 0.3 is 0 Å². The molecule has 1 aliphatic carbocycles. The third-order valence-electron chi connectivity index (χ3n) is 2.20. The number of amides is 1. The molecule has 3 nitrogen and oxygen atoms in total. The van der Waals surface area contributed by atoms with Gasteiger partial charge in [0.2, 0.25) is 11.8 Å². The second kappa shape index (κ2) is 4.89. The molecule has 6 heteroatoms. The van der Waals surface area contributed by atoms with Crippen molar-refractivity contribution >= 4 is 18.3 Å². The zero-order valence-corrected chi connectivity index (χ0v) is 8.74. The summed E-state index contributed by atoms with van der Waals surface area (Å²) < 4.78 is 24.7. The summed E-state index contributed by atoms with van der Waals surface area (Å²) in [6, 6.07) is -0.137. The lowest BCUT2D eigenvalue weighted by atomic mass is 9.80. The molecule has 0 aromatic rings. The molecular formula is C8H15ClF2N2O. The van der Waals surface area contributed by atoms with E-state index in [-0.39, 0.29) is 37.2 Å². The minimum atomic E-state index is -2.63. The minimum Gasteiger partial charge on any atom is -0.352 e. The van der Waals surface area contributed by atoms with E-state index in [1.807, 2.05) is 0 Å². The van der Waals surface area contributed by atoms with Crippen molar-refractivity contribution in [3.8, 4) is 0 Å². The Kier molecular flexibility index (Phi) is 4.74. The van der Waals surface area contributed by atoms with E-state index >= 15 is 0 Å². The maximum Gasteiger partial charge on any atom is 0.249 e. The van der Waals surface area contributed by atoms with Crippen molar-refractivity contribution in [2.24, 2.45) is 11.7 Å². The number of hydrogen-bond donors (Lipinski definition) is 2. The monoisotopic (exact) mass is 228 g/mol. The molecule has 1 fully saturated rings. The second-order valence-electron chi connectivity index (χ2n) is 3.61. The first-order valence-corrected chi connectivity index (χ1v) is 4.33. The predicted molar refractivity (Wildman–Crippen MR) is 51.6 cm³/mol. The molecule has 0 aromatic heterocycles. The SMILES string of the molecule is C[C@@H](CN)NC(=O)C1CC(F)(F)C1.Cl. The Hall–Kier alpha value is -0.420. The van der Waals surface area contributed by atoms with Crippen LogP contribution < -0.4 is 11.1 Å². The lowest BCUT2D eigenvalue weighted by Gasteiger charge is -2.34. The van der Waals surface area contributed by atoms with E-state index in [2.05, 4.69) is 5.32 Å². The van der Waals surface area contributed by atoms with E-state index in [9.17, 15) is 13.6 Å². The Labute approximate surface area is 87.8 Å². The van der Waals surface area contributed by atoms with Crippen LogP contribution in [0.3, 0.4) is 0 Å². The van der Waals surface area contributed by atoms with Gasteiger partial charge in [-0.1, -0.05) is 0 Å². The molecule has 0 heterocycles. The number of alkyl halides is 2. The van der Waals surface area contributed by atoms with E-state index in [0.29, 0.717) is 6.54 Å². The molecule has 84 valence electrons. The molecule has 0 aliphatic heterocycles. The van der Waals surface area contributed by atoms with Crippen LogP contribution >= 0.6 is 12.4 Å². The van der Waals surface area contributed by atoms with Crippen molar-refractivity contribution in [1.82, 2.24) is 5.32 Å². The van der Waals surface area contributed by atoms with Gasteiger partial charge in [0.15, 0.2) is 0 Å². The van der Waals surface area contributed by atoms with Crippen molar-refractivity contribution < 1.29 is 13.6 Å². The number of carbonyl (C=O) groups excluding carboxylic acids is 1. The molecular weight excluding hydrogens is 214 g/mol. The molecule has 0 spiro atoms. The van der Waals surface area contributed by atoms with Gasteiger partial charge < -0.3 is 11.1 Å². The number of carbonyl (C=O) groups is 1. The molecule has 1 aliphatic rings. The van der Waals surface area contributed by atoms with Gasteiger partial charge in [-0.05, 0) is 6.92 Å². The summed E-state index contributed by atoms with van der Waals surface area (Å²) in [5.41, 5.74) is 5.27. The normalized spacial score (nSPS) is 21.7. The molecule has 3 N–H and O–H groups in total. The first kappa shape index (κ1) is 13.6. The van der Waals surface area contributed by atoms with Crippen LogP contribution in [-0.4, -0.2) is 24.4 Å². The zero-order chi connectivity index (χ0) is 10.1. The standard InChI is InChI=1S/C8H14F2N2O.ClH/c1-5(4-11)12-7(13)6-2-8(9,10)3-6;/h5-6H,2-4,11H2,1H3,(H,12,13);1H/t5-;/m0./s1. The third kappa shape index (κ3) is 3.38. The van der Waals surface area contributed by atoms with Crippen LogP contribution in [0.5, 0.6) is 0 Å². The molecule has 0 saturated heterocycles. The van der Waals surface area contributed by atoms with Crippen LogP contribution in [0, 0.1) is 5.92 Å². The summed E-state index contributed by atoms with van der Waals surface area (Å²) >= 11 is 0. The highest BCUT2D eigenvalue weighted by Gasteiger charge is 2.48. The zero-order valence-electron chi connectivity index (χ0n) is 7.93. The van der Waals surface area contributed by atoms with Crippen LogP contribution in [0.2, 0.25) is 0 Å². The van der Waals surface area contributed by atoms with Gasteiger partial charge in [0, 0.05) is 31.3 Å². The Balaban J connectivity index is 0.00000169. The third-order valence-corrected chi connectivity index (χ3v) is 2.20. The second-order valence-corrected chi connectivity index (χ2v) is 3.61. The van der Waals surface area contributed by atoms with Crippen molar-refractivity contribution in [1.29, 1.82) is 0 Å². The smallest absolute Gasteiger partial charge is 0.249 e. The summed E-state index contributed by atoms with van der Waals surface area (Å²) in [6.45, 7) is 2.07. The number of hydrogen-bond acceptors (Lipinski definition) is 2. The lowest BCUT2D eigenvalue weighted by Crippen LogP contribution is -2.48. The molecule has 1 amide bonds. The van der Waals surface area contributed by atoms with Crippen molar-refractivity contribution in [3.05, 3.63) is 0 Å². The van der Waals surface area contributed by atoms with Gasteiger partial charge in [-0.2, -0.15) is 0 Å². The van der Waals surface area contributed by atoms with E-state index in [4.69, 9.17) is 5.73 Å². The first-order valence-electron chi connectivity index (χ1n) is 4.33. The van der Waals surface area contributed by atoms with Crippen LogP contribution in [-0.2, 0) is 4.79 Å². The minimum absolute atomic E-state index is 0. The highest BCUT2D eigenvalue weighted by Crippen LogP contribution is 2.42. The van der Waals surface area contributed by atoms with Gasteiger partial charge in [-0.3, -0.25) is 4.79 Å². The highest BCUT2D eigenvalue weighted by molar-refractivity contribution is 5.85. The van der Waals surface area contributed by atoms with E-state index < -0.39 is 11.8 Å². The van der Waals surface area contributed by atoms with Crippen molar-refractivity contribution in [2.45, 2.75) is 31.7 Å². The lowest BCUT2D eigenvalue weighted by molar-refractivity contribution is -0.150. The fourth-order valence-electron chi connectivity index (χ4n) is 1.27. The fraction of sp³-hybridized carbons (Fsp3) is 0.875. The van der Waals surface area contributed by atoms with Gasteiger partial charge in [0.05, 0.1) is 0 Å². The summed E-state index contributed by atoms with van der Waals surface area (Å²) in [5, 5.41) is 2.57. The topological polar surface area (TPSA) is 55.1 Å². The van der Waals surface area contributed by atoms with E-state index in [1.165, 1.54) is 0 Å². The van der Waals surface area contributed by atoms with Crippen LogP contribution in [0.25, 0.3) is 0 Å². The first-order chi connectivity index (χ1) is 5.94. The largest absolute Gasteiger partial charge is 0.352 e. The van der Waals surface area contributed by atoms with Gasteiger partial charge in [0.25, 0.3) is 0 Å². The quantitative estimate of drug-likeness (QED) is 0.755. The summed E-state index contributed by atoms with van der Waals surface area (Å²) in [6.07, 6.45) is -0.647. The Morgan fingerprint density at radius 1 is 1.64 bits per heavy atom. The molecule has 1 saturated carbocycles. The highest BCUT2D eigenvalue weighted by atomic mass is 35.5. The summed E-state index contributed by atoms with van der Waals surface area (Å²) in [4.78, 5) is 11.2. The molecule has 0 bridgehead atoms. The van der Waals surface area contributed by atoms with Gasteiger partial charge in [-0.15, -0.1) is 12.4 Å². The summed E-state index contributed by atoms with van der Waals surface area (Å²) in [5.74, 6) is -3.46. The Bertz CT molecular complexity index is 206. The predicted octanol–water partition coefficient (Wildman–Crippen LogP) is 0.917. The van der Waals surface area contributed by atoms with Crippen LogP contribution in [0.1, 0.15) is 19.8 Å². The summed E-state index contributed by atoms with van der Waals surface area (Å²) in [7, 11) is 0. The number of nitrogens with two attached hydrogens (primary N) is 1. The fourth-order valence-corrected chi connectivity index (χ4v) is 1.27. The van der Waals surface area contributed by atoms with Gasteiger partial charge in [-0.25, -0.2) is 8.78 Å². The van der Waals surface area contributed by atoms with Crippen molar-refractivity contribution in [3.63, 3.8) is 0 Å². The van der Waals surface area contributed by atoms with E-state index in [1.54, 1.807) is 6.92 Å². The van der Waals surface area contributed by atoms with Gasteiger partial charge in [0.1, 0.15) is 0 Å². The molecule has 0 aromatic carbocycles. The molecule has 1 rings (SSSR count). The number of rotatable bonds is 3. The van der Waals surface area contributed by atoms with Crippen LogP contribution in [0.4, 0.5) is 8.78 Å². The average Bonchev–Trinajstić information content (AvgIpc) is 1.99. The number of nitrogens with one attached hydrogen (secondary N) is 1. The maximum absolute atomic E-state index is 12.4. The Morgan fingerprint density at radius 3 is 2.50 bits per heavy atom. The van der Waals surface area contributed by atoms with E-state index in [0.717, 1.165) is 0 Å². The molecule has 1 atom stereocenters.